The summed E-state index contributed by atoms with van der Waals surface area (Å²) in [5.41, 5.74) is 1.26. The van der Waals surface area contributed by atoms with Gasteiger partial charge in [-0.25, -0.2) is 0 Å². The Balaban J connectivity index is 1.90. The molecular formula is C15H21NOS. The molecule has 1 heterocycles. The Hall–Kier alpha value is -1.09. The number of hydrogen-bond donors (Lipinski definition) is 1. The zero-order chi connectivity index (χ0) is 13.1. The molecule has 1 amide bonds. The summed E-state index contributed by atoms with van der Waals surface area (Å²) in [5, 5.41) is 3.11. The lowest BCUT2D eigenvalue weighted by Gasteiger charge is -2.15. The standard InChI is InChI=1S/C15H21NOS/c1-10-8-14(12(3)18-10)11(2)16-15(17)9-13-6-4-5-7-13/h4,6,8,11,13H,5,7,9H2,1-3H3,(H,16,17)/t11-,13+/m1/s1. The molecule has 0 spiro atoms. The van der Waals surface area contributed by atoms with E-state index in [0.29, 0.717) is 12.3 Å². The lowest BCUT2D eigenvalue weighted by atomic mass is 10.0. The average Bonchev–Trinajstić information content (AvgIpc) is 2.88. The second kappa shape index (κ2) is 5.70. The van der Waals surface area contributed by atoms with Gasteiger partial charge in [0.15, 0.2) is 0 Å². The van der Waals surface area contributed by atoms with Crippen LogP contribution < -0.4 is 5.32 Å². The van der Waals surface area contributed by atoms with Crippen molar-refractivity contribution < 1.29 is 4.79 Å². The van der Waals surface area contributed by atoms with E-state index in [9.17, 15) is 4.79 Å². The normalized spacial score (nSPS) is 20.1. The third-order valence-corrected chi connectivity index (χ3v) is 4.47. The maximum Gasteiger partial charge on any atom is 0.221 e. The largest absolute Gasteiger partial charge is 0.350 e. The fourth-order valence-electron chi connectivity index (χ4n) is 2.56. The number of thiophene rings is 1. The number of nitrogens with one attached hydrogen (secondary N) is 1. The predicted octanol–water partition coefficient (Wildman–Crippen LogP) is 3.90. The maximum atomic E-state index is 12.0. The van der Waals surface area contributed by atoms with Crippen LogP contribution in [-0.4, -0.2) is 5.91 Å². The fraction of sp³-hybridized carbons (Fsp3) is 0.533. The van der Waals surface area contributed by atoms with Crippen LogP contribution in [0.4, 0.5) is 0 Å². The number of hydrogen-bond acceptors (Lipinski definition) is 2. The van der Waals surface area contributed by atoms with E-state index in [0.717, 1.165) is 12.8 Å². The van der Waals surface area contributed by atoms with Gasteiger partial charge in [0, 0.05) is 16.2 Å². The highest BCUT2D eigenvalue weighted by Crippen LogP contribution is 2.26. The van der Waals surface area contributed by atoms with Crippen LogP contribution in [0.25, 0.3) is 0 Å². The Bertz CT molecular complexity index is 461. The van der Waals surface area contributed by atoms with E-state index in [2.05, 4.69) is 44.3 Å². The van der Waals surface area contributed by atoms with E-state index in [1.807, 2.05) is 0 Å². The molecule has 0 saturated carbocycles. The minimum Gasteiger partial charge on any atom is -0.350 e. The highest BCUT2D eigenvalue weighted by molar-refractivity contribution is 7.12. The molecule has 0 bridgehead atoms. The van der Waals surface area contributed by atoms with E-state index < -0.39 is 0 Å². The van der Waals surface area contributed by atoms with Crippen molar-refractivity contribution in [1.29, 1.82) is 0 Å². The fourth-order valence-corrected chi connectivity index (χ4v) is 3.58. The monoisotopic (exact) mass is 263 g/mol. The van der Waals surface area contributed by atoms with Gasteiger partial charge in [0.25, 0.3) is 0 Å². The molecule has 0 saturated heterocycles. The molecule has 0 unspecified atom stereocenters. The van der Waals surface area contributed by atoms with Crippen molar-refractivity contribution in [3.63, 3.8) is 0 Å². The van der Waals surface area contributed by atoms with Gasteiger partial charge in [-0.05, 0) is 51.2 Å². The van der Waals surface area contributed by atoms with Crippen molar-refractivity contribution in [3.05, 3.63) is 33.5 Å². The van der Waals surface area contributed by atoms with Gasteiger partial charge in [-0.15, -0.1) is 11.3 Å². The number of rotatable bonds is 4. The van der Waals surface area contributed by atoms with E-state index >= 15 is 0 Å². The molecular weight excluding hydrogens is 242 g/mol. The highest BCUT2D eigenvalue weighted by Gasteiger charge is 2.17. The van der Waals surface area contributed by atoms with Gasteiger partial charge in [0.1, 0.15) is 0 Å². The van der Waals surface area contributed by atoms with Crippen LogP contribution in [0.5, 0.6) is 0 Å². The Morgan fingerprint density at radius 3 is 2.89 bits per heavy atom. The summed E-state index contributed by atoms with van der Waals surface area (Å²) in [4.78, 5) is 14.6. The van der Waals surface area contributed by atoms with Crippen LogP contribution >= 0.6 is 11.3 Å². The lowest BCUT2D eigenvalue weighted by Crippen LogP contribution is -2.27. The van der Waals surface area contributed by atoms with Crippen LogP contribution in [0.2, 0.25) is 0 Å². The van der Waals surface area contributed by atoms with Gasteiger partial charge in [0.05, 0.1) is 6.04 Å². The van der Waals surface area contributed by atoms with Gasteiger partial charge in [0.2, 0.25) is 5.91 Å². The van der Waals surface area contributed by atoms with Gasteiger partial charge in [-0.3, -0.25) is 4.79 Å². The number of carbonyl (C=O) groups is 1. The quantitative estimate of drug-likeness (QED) is 0.820. The first-order valence-corrected chi connectivity index (χ1v) is 7.41. The summed E-state index contributed by atoms with van der Waals surface area (Å²) in [7, 11) is 0. The molecule has 1 aliphatic rings. The molecule has 2 rings (SSSR count). The number of carbonyl (C=O) groups excluding carboxylic acids is 1. The Labute approximate surface area is 113 Å². The maximum absolute atomic E-state index is 12.0. The molecule has 2 atom stereocenters. The second-order valence-corrected chi connectivity index (χ2v) is 6.59. The summed E-state index contributed by atoms with van der Waals surface area (Å²) >= 11 is 1.80. The molecule has 3 heteroatoms. The van der Waals surface area contributed by atoms with Gasteiger partial charge in [-0.2, -0.15) is 0 Å². The second-order valence-electron chi connectivity index (χ2n) is 5.13. The molecule has 2 nitrogen and oxygen atoms in total. The first kappa shape index (κ1) is 13.3. The summed E-state index contributed by atoms with van der Waals surface area (Å²) in [5.74, 6) is 0.616. The van der Waals surface area contributed by atoms with E-state index in [-0.39, 0.29) is 11.9 Å². The van der Waals surface area contributed by atoms with Gasteiger partial charge >= 0.3 is 0 Å². The third kappa shape index (κ3) is 3.22. The van der Waals surface area contributed by atoms with E-state index in [1.165, 1.54) is 15.3 Å². The molecule has 0 fully saturated rings. The van der Waals surface area contributed by atoms with Crippen LogP contribution in [0, 0.1) is 19.8 Å². The van der Waals surface area contributed by atoms with Crippen molar-refractivity contribution in [3.8, 4) is 0 Å². The SMILES string of the molecule is Cc1cc([C@@H](C)NC(=O)C[C@H]2C=CCC2)c(C)s1. The minimum atomic E-state index is 0.118. The molecule has 0 aromatic carbocycles. The van der Waals surface area contributed by atoms with Crippen molar-refractivity contribution in [1.82, 2.24) is 5.32 Å². The van der Waals surface area contributed by atoms with Crippen LogP contribution in [0.15, 0.2) is 18.2 Å². The minimum absolute atomic E-state index is 0.118. The number of allylic oxidation sites excluding steroid dienone is 2. The first-order valence-electron chi connectivity index (χ1n) is 6.59. The molecule has 0 radical (unpaired) electrons. The van der Waals surface area contributed by atoms with E-state index in [4.69, 9.17) is 0 Å². The molecule has 1 aromatic rings. The molecule has 1 aliphatic carbocycles. The summed E-state index contributed by atoms with van der Waals surface area (Å²) in [6, 6.07) is 2.30. The molecule has 1 N–H and O–H groups in total. The Morgan fingerprint density at radius 2 is 2.33 bits per heavy atom. The zero-order valence-corrected chi connectivity index (χ0v) is 12.1. The van der Waals surface area contributed by atoms with E-state index in [1.54, 1.807) is 11.3 Å². The van der Waals surface area contributed by atoms with Crippen LogP contribution in [0.3, 0.4) is 0 Å². The smallest absolute Gasteiger partial charge is 0.221 e. The highest BCUT2D eigenvalue weighted by atomic mass is 32.1. The Kier molecular flexibility index (Phi) is 4.23. The van der Waals surface area contributed by atoms with Gasteiger partial charge in [-0.1, -0.05) is 12.2 Å². The summed E-state index contributed by atoms with van der Waals surface area (Å²) in [6.45, 7) is 6.30. The van der Waals surface area contributed by atoms with Crippen molar-refractivity contribution >= 4 is 17.2 Å². The van der Waals surface area contributed by atoms with Crippen LogP contribution in [0.1, 0.15) is 47.5 Å². The van der Waals surface area contributed by atoms with Crippen molar-refractivity contribution in [2.75, 3.05) is 0 Å². The number of amides is 1. The molecule has 18 heavy (non-hydrogen) atoms. The Morgan fingerprint density at radius 1 is 1.56 bits per heavy atom. The molecule has 98 valence electrons. The van der Waals surface area contributed by atoms with Crippen molar-refractivity contribution in [2.24, 2.45) is 5.92 Å². The van der Waals surface area contributed by atoms with Gasteiger partial charge < -0.3 is 5.32 Å². The summed E-state index contributed by atoms with van der Waals surface area (Å²) < 4.78 is 0. The zero-order valence-electron chi connectivity index (χ0n) is 11.3. The van der Waals surface area contributed by atoms with Crippen LogP contribution in [-0.2, 0) is 4.79 Å². The molecule has 0 aliphatic heterocycles. The molecule has 1 aromatic heterocycles. The lowest BCUT2D eigenvalue weighted by molar-refractivity contribution is -0.122. The number of aryl methyl sites for hydroxylation is 2. The third-order valence-electron chi connectivity index (χ3n) is 3.48. The predicted molar refractivity (Wildman–Crippen MR) is 76.8 cm³/mol. The topological polar surface area (TPSA) is 29.1 Å². The average molecular weight is 263 g/mol. The first-order chi connectivity index (χ1) is 8.56. The van der Waals surface area contributed by atoms with Crippen molar-refractivity contribution in [2.45, 2.75) is 46.1 Å². The summed E-state index contributed by atoms with van der Waals surface area (Å²) in [6.07, 6.45) is 7.22.